The SMILES string of the molecule is CC1CC2NC(=O)C=C[C@]2(C)C2CCC3(C)CC(O)CC3C12. The van der Waals surface area contributed by atoms with Crippen LogP contribution in [0.4, 0.5) is 0 Å². The lowest BCUT2D eigenvalue weighted by atomic mass is 9.46. The largest absolute Gasteiger partial charge is 0.393 e. The van der Waals surface area contributed by atoms with E-state index in [1.165, 1.54) is 12.8 Å². The van der Waals surface area contributed by atoms with Crippen LogP contribution in [0.2, 0.25) is 0 Å². The number of rotatable bonds is 0. The maximum Gasteiger partial charge on any atom is 0.243 e. The molecule has 0 spiro atoms. The number of aliphatic hydroxyl groups excluding tert-OH is 1. The van der Waals surface area contributed by atoms with E-state index in [1.807, 2.05) is 0 Å². The molecule has 2 N–H and O–H groups in total. The van der Waals surface area contributed by atoms with Gasteiger partial charge in [-0.25, -0.2) is 0 Å². The Morgan fingerprint density at radius 2 is 2.05 bits per heavy atom. The molecule has 1 heterocycles. The molecule has 0 radical (unpaired) electrons. The van der Waals surface area contributed by atoms with Crippen LogP contribution in [-0.4, -0.2) is 23.2 Å². The number of nitrogens with one attached hydrogen (secondary N) is 1. The summed E-state index contributed by atoms with van der Waals surface area (Å²) >= 11 is 0. The van der Waals surface area contributed by atoms with Crippen molar-refractivity contribution in [1.82, 2.24) is 5.32 Å². The van der Waals surface area contributed by atoms with Gasteiger partial charge in [0.05, 0.1) is 6.10 Å². The van der Waals surface area contributed by atoms with E-state index in [0.29, 0.717) is 29.1 Å². The van der Waals surface area contributed by atoms with Gasteiger partial charge < -0.3 is 10.4 Å². The maximum absolute atomic E-state index is 11.8. The van der Waals surface area contributed by atoms with E-state index in [-0.39, 0.29) is 23.5 Å². The van der Waals surface area contributed by atoms with Gasteiger partial charge in [-0.15, -0.1) is 0 Å². The summed E-state index contributed by atoms with van der Waals surface area (Å²) in [6, 6.07) is 0.289. The predicted octanol–water partition coefficient (Wildman–Crippen LogP) is 2.89. The molecule has 122 valence electrons. The first kappa shape index (κ1) is 14.7. The number of carbonyl (C=O) groups is 1. The van der Waals surface area contributed by atoms with Crippen molar-refractivity contribution in [2.75, 3.05) is 0 Å². The van der Waals surface area contributed by atoms with Crippen LogP contribution in [0, 0.1) is 34.5 Å². The Labute approximate surface area is 133 Å². The van der Waals surface area contributed by atoms with Crippen molar-refractivity contribution in [3.8, 4) is 0 Å². The first-order chi connectivity index (χ1) is 10.3. The van der Waals surface area contributed by atoms with Gasteiger partial charge >= 0.3 is 0 Å². The summed E-state index contributed by atoms with van der Waals surface area (Å²) in [7, 11) is 0. The Morgan fingerprint density at radius 3 is 2.82 bits per heavy atom. The molecule has 8 atom stereocenters. The van der Waals surface area contributed by atoms with Gasteiger partial charge in [0.1, 0.15) is 0 Å². The molecular weight excluding hydrogens is 274 g/mol. The summed E-state index contributed by atoms with van der Waals surface area (Å²) in [4.78, 5) is 11.8. The maximum atomic E-state index is 11.8. The van der Waals surface area contributed by atoms with Crippen LogP contribution in [0.25, 0.3) is 0 Å². The highest BCUT2D eigenvalue weighted by atomic mass is 16.3. The Balaban J connectivity index is 1.72. The smallest absolute Gasteiger partial charge is 0.243 e. The second-order valence-electron chi connectivity index (χ2n) is 9.05. The fourth-order valence-electron chi connectivity index (χ4n) is 6.71. The zero-order valence-electron chi connectivity index (χ0n) is 14.0. The van der Waals surface area contributed by atoms with Gasteiger partial charge in [0, 0.05) is 11.5 Å². The van der Waals surface area contributed by atoms with Crippen molar-refractivity contribution in [3.63, 3.8) is 0 Å². The summed E-state index contributed by atoms with van der Waals surface area (Å²) in [5.74, 6) is 2.69. The van der Waals surface area contributed by atoms with Crippen LogP contribution < -0.4 is 5.32 Å². The fraction of sp³-hybridized carbons (Fsp3) is 0.842. The normalized spacial score (nSPS) is 56.8. The van der Waals surface area contributed by atoms with E-state index >= 15 is 0 Å². The van der Waals surface area contributed by atoms with Crippen LogP contribution in [-0.2, 0) is 4.79 Å². The summed E-state index contributed by atoms with van der Waals surface area (Å²) in [6.45, 7) is 7.13. The molecule has 0 aromatic heterocycles. The number of amides is 1. The molecule has 0 aromatic carbocycles. The van der Waals surface area contributed by atoms with Gasteiger partial charge in [-0.2, -0.15) is 0 Å². The van der Waals surface area contributed by atoms with Crippen molar-refractivity contribution in [3.05, 3.63) is 12.2 Å². The zero-order chi connectivity index (χ0) is 15.7. The van der Waals surface area contributed by atoms with Crippen molar-refractivity contribution in [2.24, 2.45) is 34.5 Å². The van der Waals surface area contributed by atoms with Crippen molar-refractivity contribution in [2.45, 2.75) is 65.0 Å². The molecular formula is C19H29NO2. The summed E-state index contributed by atoms with van der Waals surface area (Å²) in [5, 5.41) is 13.5. The first-order valence-corrected chi connectivity index (χ1v) is 9.01. The molecule has 22 heavy (non-hydrogen) atoms. The quantitative estimate of drug-likeness (QED) is 0.723. The molecule has 0 saturated heterocycles. The van der Waals surface area contributed by atoms with Crippen molar-refractivity contribution >= 4 is 5.91 Å². The second kappa shape index (κ2) is 4.59. The predicted molar refractivity (Wildman–Crippen MR) is 86.0 cm³/mol. The third-order valence-electron chi connectivity index (χ3n) is 7.80. The van der Waals surface area contributed by atoms with E-state index in [0.717, 1.165) is 19.3 Å². The molecule has 1 aliphatic heterocycles. The highest BCUT2D eigenvalue weighted by Crippen LogP contribution is 2.64. The van der Waals surface area contributed by atoms with Crippen LogP contribution in [0.15, 0.2) is 12.2 Å². The minimum atomic E-state index is -0.104. The molecule has 3 aliphatic carbocycles. The van der Waals surface area contributed by atoms with Crippen LogP contribution >= 0.6 is 0 Å². The van der Waals surface area contributed by atoms with Crippen LogP contribution in [0.1, 0.15) is 52.9 Å². The number of hydrogen-bond acceptors (Lipinski definition) is 2. The van der Waals surface area contributed by atoms with Gasteiger partial charge in [-0.3, -0.25) is 4.79 Å². The minimum Gasteiger partial charge on any atom is -0.393 e. The molecule has 4 rings (SSSR count). The summed E-state index contributed by atoms with van der Waals surface area (Å²) in [5.41, 5.74) is 0.430. The van der Waals surface area contributed by atoms with Crippen molar-refractivity contribution < 1.29 is 9.90 Å². The summed E-state index contributed by atoms with van der Waals surface area (Å²) in [6.07, 6.45) is 9.37. The van der Waals surface area contributed by atoms with E-state index in [4.69, 9.17) is 0 Å². The molecule has 1 amide bonds. The van der Waals surface area contributed by atoms with Crippen molar-refractivity contribution in [1.29, 1.82) is 0 Å². The average molecular weight is 303 g/mol. The third kappa shape index (κ3) is 1.87. The number of carbonyl (C=O) groups excluding carboxylic acids is 1. The van der Waals surface area contributed by atoms with Gasteiger partial charge in [0.2, 0.25) is 5.91 Å². The number of aliphatic hydroxyl groups is 1. The molecule has 4 aliphatic rings. The first-order valence-electron chi connectivity index (χ1n) is 9.01. The summed E-state index contributed by atoms with van der Waals surface area (Å²) < 4.78 is 0. The Kier molecular flexibility index (Phi) is 3.08. The van der Waals surface area contributed by atoms with Gasteiger partial charge in [-0.1, -0.05) is 26.8 Å². The Hall–Kier alpha value is -0.830. The monoisotopic (exact) mass is 303 g/mol. The lowest BCUT2D eigenvalue weighted by Crippen LogP contribution is -2.61. The lowest BCUT2D eigenvalue weighted by molar-refractivity contribution is -0.124. The molecule has 0 bridgehead atoms. The Morgan fingerprint density at radius 1 is 1.27 bits per heavy atom. The fourth-order valence-corrected chi connectivity index (χ4v) is 6.71. The van der Waals surface area contributed by atoms with Crippen LogP contribution in [0.3, 0.4) is 0 Å². The van der Waals surface area contributed by atoms with E-state index in [9.17, 15) is 9.90 Å². The lowest BCUT2D eigenvalue weighted by Gasteiger charge is -2.60. The second-order valence-corrected chi connectivity index (χ2v) is 9.05. The minimum absolute atomic E-state index is 0.0741. The van der Waals surface area contributed by atoms with E-state index in [1.54, 1.807) is 6.08 Å². The molecule has 3 saturated carbocycles. The third-order valence-corrected chi connectivity index (χ3v) is 7.80. The number of hydrogen-bond donors (Lipinski definition) is 2. The molecule has 3 heteroatoms. The van der Waals surface area contributed by atoms with E-state index < -0.39 is 0 Å². The highest BCUT2D eigenvalue weighted by Gasteiger charge is 2.60. The topological polar surface area (TPSA) is 49.3 Å². The number of fused-ring (bicyclic) bond motifs is 5. The molecule has 3 fully saturated rings. The standard InChI is InChI=1S/C19H29NO2/c1-11-8-15-19(3,7-5-16(22)20-15)13-4-6-18(2)10-12(21)9-14(18)17(11)13/h5,7,11-15,17,21H,4,6,8-10H2,1-3H3,(H,20,22)/t11?,12?,13?,14?,15?,17?,18?,19-/m1/s1. The molecule has 0 aromatic rings. The van der Waals surface area contributed by atoms with Gasteiger partial charge in [0.25, 0.3) is 0 Å². The highest BCUT2D eigenvalue weighted by molar-refractivity contribution is 5.89. The van der Waals surface area contributed by atoms with Gasteiger partial charge in [-0.05, 0) is 67.3 Å². The van der Waals surface area contributed by atoms with Gasteiger partial charge in [0.15, 0.2) is 0 Å². The van der Waals surface area contributed by atoms with Crippen LogP contribution in [0.5, 0.6) is 0 Å². The molecule has 7 unspecified atom stereocenters. The molecule has 3 nitrogen and oxygen atoms in total. The van der Waals surface area contributed by atoms with E-state index in [2.05, 4.69) is 32.2 Å². The average Bonchev–Trinajstić information content (AvgIpc) is 2.75. The Bertz CT molecular complexity index is 530. The zero-order valence-corrected chi connectivity index (χ0v) is 14.0.